The van der Waals surface area contributed by atoms with Gasteiger partial charge in [0.1, 0.15) is 17.2 Å². The average Bonchev–Trinajstić information content (AvgIpc) is 2.67. The van der Waals surface area contributed by atoms with E-state index in [1.165, 1.54) is 5.56 Å². The molecule has 2 aromatic carbocycles. The minimum atomic E-state index is -0.00319. The first-order valence-electron chi connectivity index (χ1n) is 9.03. The van der Waals surface area contributed by atoms with E-state index >= 15 is 0 Å². The lowest BCUT2D eigenvalue weighted by atomic mass is 10.0. The number of aryl methyl sites for hydroxylation is 1. The van der Waals surface area contributed by atoms with Gasteiger partial charge in [-0.1, -0.05) is 17.7 Å². The van der Waals surface area contributed by atoms with Crippen LogP contribution in [0.1, 0.15) is 36.6 Å². The fraction of sp³-hybridized carbons (Fsp3) is 0.381. The van der Waals surface area contributed by atoms with Gasteiger partial charge in [-0.05, 0) is 45.0 Å². The summed E-state index contributed by atoms with van der Waals surface area (Å²) in [5.74, 6) is 2.38. The molecular weight excluding hydrogens is 469 g/mol. The molecule has 0 aromatic heterocycles. The maximum absolute atomic E-state index is 10.0. The molecule has 0 amide bonds. The van der Waals surface area contributed by atoms with E-state index in [2.05, 4.69) is 35.5 Å². The highest BCUT2D eigenvalue weighted by atomic mass is 127. The number of phenolic OH excluding ortho intramolecular Hbond substituents is 1. The Morgan fingerprint density at radius 3 is 2.54 bits per heavy atom. The molecule has 2 rings (SSSR count). The number of nitrogens with zero attached hydrogens (tertiary/aromatic N) is 1. The SMILES string of the molecule is CCNC(=NCc1cc(OC)ccc1O)NC(C)c1cc(C)ccc1OC.I. The van der Waals surface area contributed by atoms with Gasteiger partial charge in [0.15, 0.2) is 5.96 Å². The zero-order valence-electron chi connectivity index (χ0n) is 17.1. The minimum absolute atomic E-state index is 0. The van der Waals surface area contributed by atoms with Crippen LogP contribution in [0.15, 0.2) is 41.4 Å². The van der Waals surface area contributed by atoms with Gasteiger partial charge in [0.25, 0.3) is 0 Å². The monoisotopic (exact) mass is 499 g/mol. The molecule has 0 radical (unpaired) electrons. The number of methoxy groups -OCH3 is 2. The molecule has 0 aliphatic carbocycles. The van der Waals surface area contributed by atoms with Gasteiger partial charge in [-0.25, -0.2) is 4.99 Å². The average molecular weight is 499 g/mol. The number of aliphatic imine (C=N–C) groups is 1. The molecule has 2 aromatic rings. The number of hydrogen-bond donors (Lipinski definition) is 3. The Morgan fingerprint density at radius 1 is 1.14 bits per heavy atom. The third-order valence-corrected chi connectivity index (χ3v) is 4.24. The zero-order valence-corrected chi connectivity index (χ0v) is 19.4. The van der Waals surface area contributed by atoms with Crippen LogP contribution in [0.4, 0.5) is 0 Å². The highest BCUT2D eigenvalue weighted by Gasteiger charge is 2.13. The van der Waals surface area contributed by atoms with E-state index in [0.717, 1.165) is 17.9 Å². The highest BCUT2D eigenvalue weighted by molar-refractivity contribution is 14.0. The number of ether oxygens (including phenoxy) is 2. The van der Waals surface area contributed by atoms with Crippen LogP contribution in [0.2, 0.25) is 0 Å². The van der Waals surface area contributed by atoms with E-state index < -0.39 is 0 Å². The summed E-state index contributed by atoms with van der Waals surface area (Å²) in [6, 6.07) is 11.2. The van der Waals surface area contributed by atoms with Crippen molar-refractivity contribution in [2.45, 2.75) is 33.4 Å². The lowest BCUT2D eigenvalue weighted by molar-refractivity contribution is 0.405. The Labute approximate surface area is 184 Å². The summed E-state index contributed by atoms with van der Waals surface area (Å²) >= 11 is 0. The Hall–Kier alpha value is -2.16. The summed E-state index contributed by atoms with van der Waals surface area (Å²) in [5.41, 5.74) is 2.93. The van der Waals surface area contributed by atoms with E-state index in [0.29, 0.717) is 23.8 Å². The Bertz CT molecular complexity index is 796. The largest absolute Gasteiger partial charge is 0.508 e. The Kier molecular flexibility index (Phi) is 9.92. The Morgan fingerprint density at radius 2 is 1.89 bits per heavy atom. The van der Waals surface area contributed by atoms with Crippen LogP contribution >= 0.6 is 24.0 Å². The molecule has 0 aliphatic heterocycles. The van der Waals surface area contributed by atoms with Crippen molar-refractivity contribution in [3.05, 3.63) is 53.1 Å². The van der Waals surface area contributed by atoms with Crippen molar-refractivity contribution in [2.24, 2.45) is 4.99 Å². The predicted molar refractivity (Wildman–Crippen MR) is 124 cm³/mol. The minimum Gasteiger partial charge on any atom is -0.508 e. The van der Waals surface area contributed by atoms with Crippen LogP contribution < -0.4 is 20.1 Å². The molecule has 0 spiro atoms. The molecule has 1 atom stereocenters. The van der Waals surface area contributed by atoms with Crippen LogP contribution in [0.5, 0.6) is 17.2 Å². The third-order valence-electron chi connectivity index (χ3n) is 4.24. The normalized spacial score (nSPS) is 12.0. The third kappa shape index (κ3) is 6.47. The van der Waals surface area contributed by atoms with Crippen molar-refractivity contribution in [3.63, 3.8) is 0 Å². The van der Waals surface area contributed by atoms with Gasteiger partial charge in [0.2, 0.25) is 0 Å². The van der Waals surface area contributed by atoms with Gasteiger partial charge in [-0.15, -0.1) is 24.0 Å². The van der Waals surface area contributed by atoms with E-state index in [4.69, 9.17) is 9.47 Å². The fourth-order valence-electron chi connectivity index (χ4n) is 2.77. The lowest BCUT2D eigenvalue weighted by Gasteiger charge is -2.20. The van der Waals surface area contributed by atoms with Gasteiger partial charge in [0.05, 0.1) is 26.8 Å². The maximum Gasteiger partial charge on any atom is 0.192 e. The molecular formula is C21H30IN3O3. The van der Waals surface area contributed by atoms with Crippen LogP contribution in [0.3, 0.4) is 0 Å². The zero-order chi connectivity index (χ0) is 19.8. The summed E-state index contributed by atoms with van der Waals surface area (Å²) in [4.78, 5) is 4.60. The second-order valence-electron chi connectivity index (χ2n) is 6.30. The van der Waals surface area contributed by atoms with Crippen molar-refractivity contribution >= 4 is 29.9 Å². The lowest BCUT2D eigenvalue weighted by Crippen LogP contribution is -2.38. The van der Waals surface area contributed by atoms with Crippen LogP contribution in [-0.4, -0.2) is 31.8 Å². The standard InChI is InChI=1S/C21H29N3O3.HI/c1-6-22-21(23-13-16-12-17(26-4)8-9-19(16)25)24-15(3)18-11-14(2)7-10-20(18)27-5;/h7-12,15,25H,6,13H2,1-5H3,(H2,22,23,24);1H. The number of halogens is 1. The van der Waals surface area contributed by atoms with Gasteiger partial charge >= 0.3 is 0 Å². The number of phenols is 1. The highest BCUT2D eigenvalue weighted by Crippen LogP contribution is 2.26. The molecule has 0 bridgehead atoms. The molecule has 28 heavy (non-hydrogen) atoms. The van der Waals surface area contributed by atoms with Crippen LogP contribution in [0.25, 0.3) is 0 Å². The predicted octanol–water partition coefficient (Wildman–Crippen LogP) is 4.15. The van der Waals surface area contributed by atoms with Gasteiger partial charge < -0.3 is 25.2 Å². The fourth-order valence-corrected chi connectivity index (χ4v) is 2.77. The number of rotatable bonds is 7. The molecule has 7 heteroatoms. The molecule has 0 aliphatic rings. The molecule has 0 fully saturated rings. The smallest absolute Gasteiger partial charge is 0.192 e. The summed E-state index contributed by atoms with van der Waals surface area (Å²) in [6.45, 7) is 7.19. The molecule has 1 unspecified atom stereocenters. The first-order chi connectivity index (χ1) is 13.0. The van der Waals surface area contributed by atoms with Crippen LogP contribution in [-0.2, 0) is 6.54 Å². The number of guanidine groups is 1. The number of aromatic hydroxyl groups is 1. The molecule has 3 N–H and O–H groups in total. The molecule has 6 nitrogen and oxygen atoms in total. The van der Waals surface area contributed by atoms with Crippen molar-refractivity contribution in [2.75, 3.05) is 20.8 Å². The van der Waals surface area contributed by atoms with Crippen molar-refractivity contribution in [3.8, 4) is 17.2 Å². The molecule has 0 saturated heterocycles. The summed E-state index contributed by atoms with van der Waals surface area (Å²) in [5, 5.41) is 16.7. The van der Waals surface area contributed by atoms with Gasteiger partial charge in [-0.2, -0.15) is 0 Å². The summed E-state index contributed by atoms with van der Waals surface area (Å²) < 4.78 is 10.7. The number of benzene rings is 2. The van der Waals surface area contributed by atoms with Crippen LogP contribution in [0, 0.1) is 6.92 Å². The first-order valence-corrected chi connectivity index (χ1v) is 9.03. The molecule has 154 valence electrons. The first kappa shape index (κ1) is 23.9. The van der Waals surface area contributed by atoms with Crippen molar-refractivity contribution in [1.29, 1.82) is 0 Å². The molecule has 0 heterocycles. The van der Waals surface area contributed by atoms with Crippen molar-refractivity contribution in [1.82, 2.24) is 10.6 Å². The second-order valence-corrected chi connectivity index (χ2v) is 6.30. The topological polar surface area (TPSA) is 75.1 Å². The van der Waals surface area contributed by atoms with E-state index in [1.54, 1.807) is 32.4 Å². The summed E-state index contributed by atoms with van der Waals surface area (Å²) in [7, 11) is 3.27. The number of hydrogen-bond acceptors (Lipinski definition) is 4. The Balaban J connectivity index is 0.00000392. The summed E-state index contributed by atoms with van der Waals surface area (Å²) in [6.07, 6.45) is 0. The van der Waals surface area contributed by atoms with Crippen molar-refractivity contribution < 1.29 is 14.6 Å². The van der Waals surface area contributed by atoms with E-state index in [-0.39, 0.29) is 35.8 Å². The van der Waals surface area contributed by atoms with E-state index in [1.807, 2.05) is 19.1 Å². The maximum atomic E-state index is 10.0. The van der Waals surface area contributed by atoms with Gasteiger partial charge in [-0.3, -0.25) is 0 Å². The van der Waals surface area contributed by atoms with Gasteiger partial charge in [0, 0.05) is 17.7 Å². The molecule has 0 saturated carbocycles. The quantitative estimate of drug-likeness (QED) is 0.303. The van der Waals surface area contributed by atoms with E-state index in [9.17, 15) is 5.11 Å². The number of nitrogens with one attached hydrogen (secondary N) is 2. The second kappa shape index (κ2) is 11.6.